The number of aryl methyl sites for hydroxylation is 3. The Morgan fingerprint density at radius 3 is 1.18 bits per heavy atom. The van der Waals surface area contributed by atoms with Gasteiger partial charge in [-0.15, -0.1) is 0 Å². The van der Waals surface area contributed by atoms with E-state index in [0.717, 1.165) is 65.8 Å². The Morgan fingerprint density at radius 1 is 0.413 bits per heavy atom. The summed E-state index contributed by atoms with van der Waals surface area (Å²) in [5, 5.41) is 0. The zero-order chi connectivity index (χ0) is 64.9. The van der Waals surface area contributed by atoms with Crippen molar-refractivity contribution in [3.63, 3.8) is 0 Å². The summed E-state index contributed by atoms with van der Waals surface area (Å²) in [5.41, 5.74) is 12.7. The molecule has 92 heavy (non-hydrogen) atoms. The Morgan fingerprint density at radius 2 is 0.783 bits per heavy atom. The van der Waals surface area contributed by atoms with Crippen molar-refractivity contribution in [1.29, 1.82) is 0 Å². The highest BCUT2D eigenvalue weighted by molar-refractivity contribution is 6.35. The summed E-state index contributed by atoms with van der Waals surface area (Å²) in [4.78, 5) is 85.3. The molecule has 0 fully saturated rings. The van der Waals surface area contributed by atoms with Crippen molar-refractivity contribution in [2.75, 3.05) is 9.80 Å². The van der Waals surface area contributed by atoms with Crippen LogP contribution in [0.25, 0.3) is 17.2 Å². The molecule has 0 radical (unpaired) electrons. The Labute approximate surface area is 533 Å². The summed E-state index contributed by atoms with van der Waals surface area (Å²) in [7, 11) is 0. The highest BCUT2D eigenvalue weighted by Gasteiger charge is 2.39. The predicted molar refractivity (Wildman–Crippen MR) is 355 cm³/mol. The van der Waals surface area contributed by atoms with Gasteiger partial charge in [-0.05, 0) is 249 Å². The smallest absolute Gasteiger partial charge is 0.343 e. The SMILES string of the molecule is C=Cc1ccc(COc2ccc(N3C(=O)c4ccc(C(=O)Oc5c(C)cc(-c6cc(C)c(OC(=O)c7ccc8c(c7)C(=O)N(c7ccc(Oc9ccc(C(C)(C)c%10ccc(Oc%11ccc(C)cc%11)cc%10)cc9)cc7)C8=O)c(C)c6C)c(C)c5C)cc4C3=O)cc2)cc1. The van der Waals surface area contributed by atoms with Gasteiger partial charge in [-0.3, -0.25) is 19.2 Å². The Kier molecular flexibility index (Phi) is 16.2. The number of nitrogens with zero attached hydrogens (tertiary/aromatic N) is 2. The third-order valence-electron chi connectivity index (χ3n) is 17.4. The molecule has 0 spiro atoms. The summed E-state index contributed by atoms with van der Waals surface area (Å²) < 4.78 is 30.4. The summed E-state index contributed by atoms with van der Waals surface area (Å²) in [6.07, 6.45) is 1.77. The van der Waals surface area contributed by atoms with Gasteiger partial charge in [0.15, 0.2) is 0 Å². The van der Waals surface area contributed by atoms with E-state index in [1.165, 1.54) is 42.0 Å². The maximum Gasteiger partial charge on any atom is 0.343 e. The first-order valence-electron chi connectivity index (χ1n) is 30.1. The van der Waals surface area contributed by atoms with E-state index in [1.807, 2.05) is 146 Å². The molecule has 0 atom stereocenters. The lowest BCUT2D eigenvalue weighted by molar-refractivity contribution is 0.0722. The lowest BCUT2D eigenvalue weighted by Crippen LogP contribution is -2.29. The van der Waals surface area contributed by atoms with E-state index in [4.69, 9.17) is 23.7 Å². The number of hydrogen-bond acceptors (Lipinski definition) is 11. The quantitative estimate of drug-likeness (QED) is 0.0486. The number of amides is 4. The van der Waals surface area contributed by atoms with Crippen LogP contribution in [-0.4, -0.2) is 35.6 Å². The van der Waals surface area contributed by atoms with E-state index in [0.29, 0.717) is 69.0 Å². The summed E-state index contributed by atoms with van der Waals surface area (Å²) in [6, 6.07) is 57.7. The molecule has 0 aromatic heterocycles. The molecule has 0 aliphatic carbocycles. The number of carbonyl (C=O) groups excluding carboxylic acids is 6. The van der Waals surface area contributed by atoms with Crippen molar-refractivity contribution in [1.82, 2.24) is 0 Å². The molecule has 456 valence electrons. The Hall–Kier alpha value is -11.4. The molecular formula is C79H64N2O11. The topological polar surface area (TPSA) is 155 Å². The Bertz CT molecular complexity index is 4660. The van der Waals surface area contributed by atoms with Crippen LogP contribution in [0, 0.1) is 48.5 Å². The number of benzene rings is 10. The van der Waals surface area contributed by atoms with Gasteiger partial charge < -0.3 is 23.7 Å². The number of hydrogen-bond donors (Lipinski definition) is 0. The van der Waals surface area contributed by atoms with Crippen molar-refractivity contribution in [3.05, 3.63) is 295 Å². The maximum absolute atomic E-state index is 14.0. The van der Waals surface area contributed by atoms with Crippen molar-refractivity contribution >= 4 is 53.0 Å². The molecule has 2 aliphatic heterocycles. The van der Waals surface area contributed by atoms with Gasteiger partial charge >= 0.3 is 11.9 Å². The van der Waals surface area contributed by atoms with Gasteiger partial charge in [-0.1, -0.05) is 92.7 Å². The van der Waals surface area contributed by atoms with Crippen LogP contribution in [0.5, 0.6) is 40.2 Å². The van der Waals surface area contributed by atoms with E-state index >= 15 is 0 Å². The average Bonchev–Trinajstić information content (AvgIpc) is 1.51. The molecule has 13 nitrogen and oxygen atoms in total. The van der Waals surface area contributed by atoms with Crippen LogP contribution >= 0.6 is 0 Å². The van der Waals surface area contributed by atoms with Gasteiger partial charge in [0.25, 0.3) is 23.6 Å². The van der Waals surface area contributed by atoms with Gasteiger partial charge in [-0.2, -0.15) is 0 Å². The minimum atomic E-state index is -0.703. The van der Waals surface area contributed by atoms with Crippen LogP contribution in [0.15, 0.2) is 201 Å². The number of rotatable bonds is 17. The van der Waals surface area contributed by atoms with Gasteiger partial charge in [0.2, 0.25) is 0 Å². The van der Waals surface area contributed by atoms with Crippen molar-refractivity contribution in [2.24, 2.45) is 0 Å². The third kappa shape index (κ3) is 11.6. The second-order valence-electron chi connectivity index (χ2n) is 23.7. The first-order chi connectivity index (χ1) is 44.1. The molecule has 2 aliphatic rings. The zero-order valence-corrected chi connectivity index (χ0v) is 52.4. The number of esters is 2. The molecule has 0 bridgehead atoms. The number of anilines is 2. The number of imide groups is 2. The minimum absolute atomic E-state index is 0.0767. The predicted octanol–water partition coefficient (Wildman–Crippen LogP) is 17.7. The molecule has 10 aromatic carbocycles. The molecule has 13 heteroatoms. The van der Waals surface area contributed by atoms with Crippen molar-refractivity contribution in [3.8, 4) is 51.4 Å². The van der Waals surface area contributed by atoms with Crippen LogP contribution in [0.3, 0.4) is 0 Å². The molecule has 0 saturated carbocycles. The third-order valence-corrected chi connectivity index (χ3v) is 17.4. The monoisotopic (exact) mass is 1220 g/mol. The molecule has 0 unspecified atom stereocenters. The Balaban J connectivity index is 0.673. The highest BCUT2D eigenvalue weighted by atomic mass is 16.5. The largest absolute Gasteiger partial charge is 0.489 e. The number of ether oxygens (including phenoxy) is 5. The van der Waals surface area contributed by atoms with Crippen LogP contribution in [0.4, 0.5) is 11.4 Å². The second kappa shape index (κ2) is 24.5. The average molecular weight is 1220 g/mol. The molecule has 10 aromatic rings. The van der Waals surface area contributed by atoms with E-state index in [1.54, 1.807) is 54.6 Å². The fourth-order valence-corrected chi connectivity index (χ4v) is 11.7. The van der Waals surface area contributed by atoms with Crippen LogP contribution in [0.1, 0.15) is 137 Å². The minimum Gasteiger partial charge on any atom is -0.489 e. The fraction of sp³-hybridized carbons (Fsp3) is 0.139. The lowest BCUT2D eigenvalue weighted by Gasteiger charge is -2.26. The molecule has 0 N–H and O–H groups in total. The van der Waals surface area contributed by atoms with E-state index < -0.39 is 35.6 Å². The van der Waals surface area contributed by atoms with E-state index in [-0.39, 0.29) is 38.8 Å². The van der Waals surface area contributed by atoms with Crippen molar-refractivity contribution in [2.45, 2.75) is 74.3 Å². The highest BCUT2D eigenvalue weighted by Crippen LogP contribution is 2.42. The second-order valence-corrected chi connectivity index (χ2v) is 23.7. The van der Waals surface area contributed by atoms with Gasteiger partial charge in [0, 0.05) is 5.41 Å². The lowest BCUT2D eigenvalue weighted by atomic mass is 9.78. The van der Waals surface area contributed by atoms with Crippen LogP contribution in [0.2, 0.25) is 0 Å². The van der Waals surface area contributed by atoms with Crippen LogP contribution in [-0.2, 0) is 12.0 Å². The maximum atomic E-state index is 14.0. The first kappa shape index (κ1) is 60.8. The van der Waals surface area contributed by atoms with Gasteiger partial charge in [0.1, 0.15) is 46.9 Å². The molecular weight excluding hydrogens is 1150 g/mol. The summed E-state index contributed by atoms with van der Waals surface area (Å²) in [6.45, 7) is 21.8. The zero-order valence-electron chi connectivity index (χ0n) is 52.4. The summed E-state index contributed by atoms with van der Waals surface area (Å²) >= 11 is 0. The normalized spacial score (nSPS) is 12.6. The fourth-order valence-electron chi connectivity index (χ4n) is 11.7. The van der Waals surface area contributed by atoms with Crippen LogP contribution < -0.4 is 33.5 Å². The van der Waals surface area contributed by atoms with Crippen molar-refractivity contribution < 1.29 is 52.5 Å². The van der Waals surface area contributed by atoms with Gasteiger partial charge in [0.05, 0.1) is 44.8 Å². The number of carbonyl (C=O) groups is 6. The molecule has 12 rings (SSSR count). The van der Waals surface area contributed by atoms with Gasteiger partial charge in [-0.25, -0.2) is 19.4 Å². The molecule has 0 saturated heterocycles. The van der Waals surface area contributed by atoms with E-state index in [2.05, 4.69) is 32.6 Å². The van der Waals surface area contributed by atoms with E-state index in [9.17, 15) is 28.8 Å². The standard InChI is InChI=1S/C79H64N2O11/c1-11-52-14-16-53(17-15-52)44-88-60-34-24-58(25-35-60)80-73(82)65-38-18-54(42-69(65)75(80)84)77(86)91-71-46(3)40-67(48(5)50(71)7)68-41-47(4)72(51(8)49(68)6)92-78(87)55-19-39-66-70(43-55)76(85)81(74(66)83)59-26-36-64(37-27-59)90-63-32-22-57(23-33-63)79(9,10)56-20-30-62(31-21-56)89-61-28-12-45(2)13-29-61/h11-43H,1,44H2,2-10H3. The summed E-state index contributed by atoms with van der Waals surface area (Å²) in [5.74, 6) is 0.364. The molecule has 4 amide bonds. The molecule has 2 heterocycles. The number of fused-ring (bicyclic) bond motifs is 2. The first-order valence-corrected chi connectivity index (χ1v) is 30.1.